The van der Waals surface area contributed by atoms with Crippen LogP contribution in [-0.2, 0) is 9.59 Å². The molecule has 3 aliphatic heterocycles. The summed E-state index contributed by atoms with van der Waals surface area (Å²) in [7, 11) is 0. The minimum atomic E-state index is -0.887. The van der Waals surface area contributed by atoms with Gasteiger partial charge < -0.3 is 15.5 Å². The molecule has 0 aromatic rings. The molecule has 3 aliphatic rings. The lowest BCUT2D eigenvalue weighted by Crippen LogP contribution is -2.49. The van der Waals surface area contributed by atoms with E-state index < -0.39 is 11.6 Å². The van der Waals surface area contributed by atoms with E-state index in [-0.39, 0.29) is 11.8 Å². The molecular formula is C14H22N4O3. The molecule has 116 valence electrons. The molecule has 0 bridgehead atoms. The van der Waals surface area contributed by atoms with Crippen molar-refractivity contribution in [2.45, 2.75) is 37.6 Å². The summed E-state index contributed by atoms with van der Waals surface area (Å²) in [5, 5.41) is 8.25. The number of hydrogen-bond acceptors (Lipinski definition) is 4. The second-order valence-electron chi connectivity index (χ2n) is 6.29. The Hall–Kier alpha value is -1.63. The maximum Gasteiger partial charge on any atom is 0.322 e. The number of amides is 4. The molecule has 0 radical (unpaired) electrons. The third kappa shape index (κ3) is 2.88. The third-order valence-electron chi connectivity index (χ3n) is 4.86. The highest BCUT2D eigenvalue weighted by molar-refractivity contribution is 6.07. The fourth-order valence-electron chi connectivity index (χ4n) is 3.49. The van der Waals surface area contributed by atoms with Gasteiger partial charge in [0, 0.05) is 13.0 Å². The number of nitrogens with zero attached hydrogens (tertiary/aromatic N) is 1. The quantitative estimate of drug-likeness (QED) is 0.617. The van der Waals surface area contributed by atoms with Crippen molar-refractivity contribution in [1.82, 2.24) is 20.9 Å². The number of carbonyl (C=O) groups excluding carboxylic acids is 3. The molecule has 7 heteroatoms. The second kappa shape index (κ2) is 5.63. The van der Waals surface area contributed by atoms with Crippen molar-refractivity contribution in [2.24, 2.45) is 5.92 Å². The largest absolute Gasteiger partial charge is 0.340 e. The predicted octanol–water partition coefficient (Wildman–Crippen LogP) is -0.423. The first kappa shape index (κ1) is 14.3. The normalized spacial score (nSPS) is 29.8. The average Bonchev–Trinajstić information content (AvgIpc) is 3.02. The highest BCUT2D eigenvalue weighted by Gasteiger charge is 2.51. The number of piperidine rings is 1. The van der Waals surface area contributed by atoms with Crippen LogP contribution in [0, 0.1) is 5.92 Å². The zero-order chi connectivity index (χ0) is 14.9. The van der Waals surface area contributed by atoms with Gasteiger partial charge in [-0.2, -0.15) is 0 Å². The number of likely N-dealkylation sites (tertiary alicyclic amines) is 1. The van der Waals surface area contributed by atoms with Gasteiger partial charge in [-0.05, 0) is 44.7 Å². The van der Waals surface area contributed by atoms with Crippen molar-refractivity contribution in [1.29, 1.82) is 0 Å². The van der Waals surface area contributed by atoms with Gasteiger partial charge in [-0.25, -0.2) is 4.79 Å². The van der Waals surface area contributed by atoms with Crippen LogP contribution in [0.25, 0.3) is 0 Å². The van der Waals surface area contributed by atoms with Crippen molar-refractivity contribution in [3.63, 3.8) is 0 Å². The van der Waals surface area contributed by atoms with Crippen LogP contribution in [0.1, 0.15) is 32.1 Å². The smallest absolute Gasteiger partial charge is 0.322 e. The Labute approximate surface area is 123 Å². The fourth-order valence-corrected chi connectivity index (χ4v) is 3.49. The summed E-state index contributed by atoms with van der Waals surface area (Å²) < 4.78 is 0. The van der Waals surface area contributed by atoms with E-state index in [1.54, 1.807) is 4.90 Å². The highest BCUT2D eigenvalue weighted by Crippen LogP contribution is 2.26. The average molecular weight is 294 g/mol. The first-order valence-corrected chi connectivity index (χ1v) is 7.71. The molecule has 21 heavy (non-hydrogen) atoms. The molecular weight excluding hydrogens is 272 g/mol. The van der Waals surface area contributed by atoms with Crippen LogP contribution in [0.2, 0.25) is 0 Å². The maximum atomic E-state index is 12.3. The Balaban J connectivity index is 1.50. The topological polar surface area (TPSA) is 90.5 Å². The summed E-state index contributed by atoms with van der Waals surface area (Å²) in [4.78, 5) is 37.1. The highest BCUT2D eigenvalue weighted by atomic mass is 16.2. The predicted molar refractivity (Wildman–Crippen MR) is 75.4 cm³/mol. The molecule has 3 saturated heterocycles. The third-order valence-corrected chi connectivity index (χ3v) is 4.86. The lowest BCUT2D eigenvalue weighted by atomic mass is 9.93. The summed E-state index contributed by atoms with van der Waals surface area (Å²) in [5.41, 5.74) is -0.887. The van der Waals surface area contributed by atoms with Crippen molar-refractivity contribution in [2.75, 3.05) is 26.2 Å². The molecule has 4 amide bonds. The van der Waals surface area contributed by atoms with Crippen LogP contribution >= 0.6 is 0 Å². The van der Waals surface area contributed by atoms with Gasteiger partial charge in [0.15, 0.2) is 0 Å². The van der Waals surface area contributed by atoms with Gasteiger partial charge in [-0.15, -0.1) is 0 Å². The molecule has 3 rings (SSSR count). The lowest BCUT2D eigenvalue weighted by molar-refractivity contribution is -0.131. The fraction of sp³-hybridized carbons (Fsp3) is 0.786. The Bertz CT molecular complexity index is 461. The first-order chi connectivity index (χ1) is 10.1. The van der Waals surface area contributed by atoms with Gasteiger partial charge in [0.1, 0.15) is 5.54 Å². The molecule has 3 heterocycles. The van der Waals surface area contributed by atoms with Gasteiger partial charge >= 0.3 is 6.03 Å². The molecule has 1 atom stereocenters. The Morgan fingerprint density at radius 2 is 2.05 bits per heavy atom. The molecule has 0 saturated carbocycles. The van der Waals surface area contributed by atoms with Crippen LogP contribution in [-0.4, -0.2) is 54.5 Å². The number of rotatable bonds is 3. The molecule has 1 spiro atoms. The van der Waals surface area contributed by atoms with Crippen molar-refractivity contribution in [3.8, 4) is 0 Å². The molecule has 3 fully saturated rings. The van der Waals surface area contributed by atoms with Crippen molar-refractivity contribution < 1.29 is 14.4 Å². The summed E-state index contributed by atoms with van der Waals surface area (Å²) in [6.07, 6.45) is 4.23. The van der Waals surface area contributed by atoms with Gasteiger partial charge in [-0.1, -0.05) is 0 Å². The van der Waals surface area contributed by atoms with Gasteiger partial charge in [0.05, 0.1) is 6.54 Å². The number of nitrogens with one attached hydrogen (secondary N) is 3. The monoisotopic (exact) mass is 294 g/mol. The van der Waals surface area contributed by atoms with E-state index in [0.717, 1.165) is 32.4 Å². The zero-order valence-electron chi connectivity index (χ0n) is 12.1. The van der Waals surface area contributed by atoms with E-state index in [9.17, 15) is 14.4 Å². The van der Waals surface area contributed by atoms with Crippen LogP contribution in [0.3, 0.4) is 0 Å². The molecule has 0 aromatic heterocycles. The summed E-state index contributed by atoms with van der Waals surface area (Å²) in [5.74, 6) is 0.418. The van der Waals surface area contributed by atoms with E-state index in [1.807, 2.05) is 0 Å². The Morgan fingerprint density at radius 1 is 1.29 bits per heavy atom. The lowest BCUT2D eigenvalue weighted by Gasteiger charge is -2.24. The number of urea groups is 1. The van der Waals surface area contributed by atoms with Gasteiger partial charge in [0.2, 0.25) is 5.91 Å². The molecule has 3 N–H and O–H groups in total. The number of carbonyl (C=O) groups is 3. The van der Waals surface area contributed by atoms with Gasteiger partial charge in [0.25, 0.3) is 5.91 Å². The van der Waals surface area contributed by atoms with E-state index in [4.69, 9.17) is 0 Å². The number of imide groups is 1. The Morgan fingerprint density at radius 3 is 2.71 bits per heavy atom. The minimum Gasteiger partial charge on any atom is -0.340 e. The Kier molecular flexibility index (Phi) is 3.84. The second-order valence-corrected chi connectivity index (χ2v) is 6.29. The van der Waals surface area contributed by atoms with E-state index in [1.165, 1.54) is 0 Å². The zero-order valence-corrected chi connectivity index (χ0v) is 12.1. The van der Waals surface area contributed by atoms with E-state index in [2.05, 4.69) is 16.0 Å². The summed E-state index contributed by atoms with van der Waals surface area (Å²) in [6, 6.07) is -0.455. The maximum absolute atomic E-state index is 12.3. The first-order valence-electron chi connectivity index (χ1n) is 7.71. The van der Waals surface area contributed by atoms with Crippen LogP contribution in [0.15, 0.2) is 0 Å². The summed E-state index contributed by atoms with van der Waals surface area (Å²) >= 11 is 0. The van der Waals surface area contributed by atoms with Crippen LogP contribution in [0.5, 0.6) is 0 Å². The summed E-state index contributed by atoms with van der Waals surface area (Å²) in [6.45, 7) is 2.92. The molecule has 7 nitrogen and oxygen atoms in total. The molecule has 1 unspecified atom stereocenters. The van der Waals surface area contributed by atoms with Crippen molar-refractivity contribution in [3.05, 3.63) is 0 Å². The van der Waals surface area contributed by atoms with E-state index in [0.29, 0.717) is 31.8 Å². The standard InChI is InChI=1S/C14H22N4O3/c19-11(2-1-10-3-6-15-7-4-10)18-8-5-14(9-18)12(20)16-13(21)17-14/h10,15H,1-9H2,(H2,16,17,20,21). The van der Waals surface area contributed by atoms with E-state index >= 15 is 0 Å². The SMILES string of the molecule is O=C1NC(=O)C2(CCN(C(=O)CCC3CCNCC3)C2)N1. The molecule has 0 aromatic carbocycles. The minimum absolute atomic E-state index is 0.0966. The van der Waals surface area contributed by atoms with Crippen molar-refractivity contribution >= 4 is 17.8 Å². The van der Waals surface area contributed by atoms with Gasteiger partial charge in [-0.3, -0.25) is 14.9 Å². The van der Waals surface area contributed by atoms with Crippen LogP contribution < -0.4 is 16.0 Å². The number of hydrogen-bond donors (Lipinski definition) is 3. The van der Waals surface area contributed by atoms with Crippen LogP contribution in [0.4, 0.5) is 4.79 Å². The molecule has 0 aliphatic carbocycles.